The van der Waals surface area contributed by atoms with E-state index in [-0.39, 0.29) is 29.9 Å². The molecule has 1 aromatic carbocycles. The number of rotatable bonds is 3. The predicted octanol–water partition coefficient (Wildman–Crippen LogP) is 2.15. The zero-order valence-electron chi connectivity index (χ0n) is 10.6. The number of carbonyl (C=O) groups is 2. The standard InChI is InChI=1S/C13H11Cl2N3O2/c1-7(19)17-2-3-18-11(6-16)9-4-8(14)5-10(15)12(9)13(18)20/h4-5,11H,2-3H2,1H3,(H,17,19). The Kier molecular flexibility index (Phi) is 4.17. The molecule has 7 heteroatoms. The van der Waals surface area contributed by atoms with E-state index >= 15 is 0 Å². The number of hydrogen-bond acceptors (Lipinski definition) is 3. The maximum Gasteiger partial charge on any atom is 0.257 e. The van der Waals surface area contributed by atoms with Gasteiger partial charge in [0.2, 0.25) is 5.91 Å². The van der Waals surface area contributed by atoms with Crippen LogP contribution in [-0.4, -0.2) is 29.8 Å². The zero-order valence-corrected chi connectivity index (χ0v) is 12.1. The number of hydrogen-bond donors (Lipinski definition) is 1. The number of carbonyl (C=O) groups excluding carboxylic acids is 2. The molecule has 5 nitrogen and oxygen atoms in total. The van der Waals surface area contributed by atoms with E-state index in [0.717, 1.165) is 0 Å². The van der Waals surface area contributed by atoms with Gasteiger partial charge in [-0.05, 0) is 12.1 Å². The molecule has 0 spiro atoms. The average Bonchev–Trinajstić information content (AvgIpc) is 2.61. The van der Waals surface area contributed by atoms with Crippen LogP contribution in [0.1, 0.15) is 28.9 Å². The van der Waals surface area contributed by atoms with Gasteiger partial charge >= 0.3 is 0 Å². The molecule has 0 aliphatic carbocycles. The van der Waals surface area contributed by atoms with E-state index in [0.29, 0.717) is 16.1 Å². The highest BCUT2D eigenvalue weighted by molar-refractivity contribution is 6.37. The molecule has 0 saturated carbocycles. The van der Waals surface area contributed by atoms with E-state index in [9.17, 15) is 14.9 Å². The number of halogens is 2. The van der Waals surface area contributed by atoms with E-state index in [1.807, 2.05) is 0 Å². The first kappa shape index (κ1) is 14.6. The summed E-state index contributed by atoms with van der Waals surface area (Å²) in [5.41, 5.74) is 0.822. The smallest absolute Gasteiger partial charge is 0.257 e. The monoisotopic (exact) mass is 311 g/mol. The second-order valence-electron chi connectivity index (χ2n) is 4.36. The van der Waals surface area contributed by atoms with E-state index in [1.54, 1.807) is 6.07 Å². The Labute approximate surface area is 126 Å². The average molecular weight is 312 g/mol. The van der Waals surface area contributed by atoms with Crippen molar-refractivity contribution in [3.05, 3.63) is 33.3 Å². The van der Waals surface area contributed by atoms with Gasteiger partial charge in [0.15, 0.2) is 0 Å². The minimum Gasteiger partial charge on any atom is -0.355 e. The van der Waals surface area contributed by atoms with Crippen molar-refractivity contribution in [1.82, 2.24) is 10.2 Å². The highest BCUT2D eigenvalue weighted by Gasteiger charge is 2.38. The summed E-state index contributed by atoms with van der Waals surface area (Å²) in [6, 6.07) is 4.39. The normalized spacial score (nSPS) is 16.8. The Morgan fingerprint density at radius 1 is 1.50 bits per heavy atom. The Morgan fingerprint density at radius 3 is 2.80 bits per heavy atom. The minimum atomic E-state index is -0.734. The maximum atomic E-state index is 12.3. The van der Waals surface area contributed by atoms with Gasteiger partial charge in [0, 0.05) is 30.6 Å². The van der Waals surface area contributed by atoms with Crippen LogP contribution in [0.15, 0.2) is 12.1 Å². The zero-order chi connectivity index (χ0) is 14.9. The Bertz CT molecular complexity index is 625. The SMILES string of the molecule is CC(=O)NCCN1C(=O)c2c(Cl)cc(Cl)cc2C1C#N. The summed E-state index contributed by atoms with van der Waals surface area (Å²) in [6.45, 7) is 1.90. The summed E-state index contributed by atoms with van der Waals surface area (Å²) < 4.78 is 0. The second kappa shape index (κ2) is 5.70. The maximum absolute atomic E-state index is 12.3. The van der Waals surface area contributed by atoms with Gasteiger partial charge in [0.1, 0.15) is 6.04 Å². The Morgan fingerprint density at radius 2 is 2.20 bits per heavy atom. The molecule has 0 radical (unpaired) electrons. The van der Waals surface area contributed by atoms with Crippen LogP contribution in [-0.2, 0) is 4.79 Å². The molecule has 1 aliphatic rings. The molecule has 1 heterocycles. The largest absolute Gasteiger partial charge is 0.355 e. The molecule has 1 aromatic rings. The van der Waals surface area contributed by atoms with Crippen LogP contribution < -0.4 is 5.32 Å². The van der Waals surface area contributed by atoms with Crippen LogP contribution in [0.3, 0.4) is 0 Å². The minimum absolute atomic E-state index is 0.191. The summed E-state index contributed by atoms with van der Waals surface area (Å²) in [7, 11) is 0. The lowest BCUT2D eigenvalue weighted by atomic mass is 10.1. The topological polar surface area (TPSA) is 73.2 Å². The molecule has 0 bridgehead atoms. The third-order valence-electron chi connectivity index (χ3n) is 3.02. The van der Waals surface area contributed by atoms with Crippen molar-refractivity contribution in [2.24, 2.45) is 0 Å². The molecule has 2 amide bonds. The van der Waals surface area contributed by atoms with Gasteiger partial charge in [-0.25, -0.2) is 0 Å². The van der Waals surface area contributed by atoms with E-state index in [1.165, 1.54) is 17.9 Å². The lowest BCUT2D eigenvalue weighted by Crippen LogP contribution is -2.36. The first-order valence-electron chi connectivity index (χ1n) is 5.89. The molecule has 1 atom stereocenters. The van der Waals surface area contributed by atoms with Crippen molar-refractivity contribution in [2.45, 2.75) is 13.0 Å². The highest BCUT2D eigenvalue weighted by Crippen LogP contribution is 2.38. The molecule has 0 saturated heterocycles. The molecule has 1 aliphatic heterocycles. The fourth-order valence-corrected chi connectivity index (χ4v) is 2.78. The number of nitrogens with zero attached hydrogens (tertiary/aromatic N) is 2. The fourth-order valence-electron chi connectivity index (χ4n) is 2.19. The van der Waals surface area contributed by atoms with Crippen LogP contribution in [0.4, 0.5) is 0 Å². The molecular formula is C13H11Cl2N3O2. The molecule has 0 aromatic heterocycles. The Hall–Kier alpha value is -1.77. The van der Waals surface area contributed by atoms with Crippen molar-refractivity contribution in [3.8, 4) is 6.07 Å². The Balaban J connectivity index is 2.30. The number of amides is 2. The van der Waals surface area contributed by atoms with Crippen LogP contribution in [0.5, 0.6) is 0 Å². The van der Waals surface area contributed by atoms with Gasteiger partial charge in [-0.2, -0.15) is 5.26 Å². The van der Waals surface area contributed by atoms with Gasteiger partial charge in [-0.15, -0.1) is 0 Å². The van der Waals surface area contributed by atoms with Gasteiger partial charge in [0.05, 0.1) is 16.7 Å². The first-order chi connectivity index (χ1) is 9.45. The number of nitrogens with one attached hydrogen (secondary N) is 1. The van der Waals surface area contributed by atoms with Gasteiger partial charge < -0.3 is 10.2 Å². The molecule has 2 rings (SSSR count). The fraction of sp³-hybridized carbons (Fsp3) is 0.308. The first-order valence-corrected chi connectivity index (χ1v) is 6.65. The summed E-state index contributed by atoms with van der Waals surface area (Å²) >= 11 is 11.9. The number of benzene rings is 1. The van der Waals surface area contributed by atoms with Crippen LogP contribution >= 0.6 is 23.2 Å². The van der Waals surface area contributed by atoms with Crippen molar-refractivity contribution in [3.63, 3.8) is 0 Å². The van der Waals surface area contributed by atoms with Crippen LogP contribution in [0.25, 0.3) is 0 Å². The van der Waals surface area contributed by atoms with E-state index in [4.69, 9.17) is 23.2 Å². The molecule has 0 fully saturated rings. The predicted molar refractivity (Wildman–Crippen MR) is 74.5 cm³/mol. The third kappa shape index (κ3) is 2.58. The van der Waals surface area contributed by atoms with Crippen LogP contribution in [0.2, 0.25) is 10.0 Å². The molecule has 104 valence electrons. The quantitative estimate of drug-likeness (QED) is 0.929. The van der Waals surface area contributed by atoms with E-state index < -0.39 is 6.04 Å². The summed E-state index contributed by atoms with van der Waals surface area (Å²) in [5, 5.41) is 12.5. The molecule has 1 unspecified atom stereocenters. The molecule has 20 heavy (non-hydrogen) atoms. The third-order valence-corrected chi connectivity index (χ3v) is 3.53. The van der Waals surface area contributed by atoms with E-state index in [2.05, 4.69) is 11.4 Å². The van der Waals surface area contributed by atoms with Crippen molar-refractivity contribution < 1.29 is 9.59 Å². The van der Waals surface area contributed by atoms with Crippen molar-refractivity contribution >= 4 is 35.0 Å². The lowest BCUT2D eigenvalue weighted by molar-refractivity contribution is -0.119. The number of nitriles is 1. The van der Waals surface area contributed by atoms with Gasteiger partial charge in [-0.3, -0.25) is 9.59 Å². The molecule has 1 N–H and O–H groups in total. The number of fused-ring (bicyclic) bond motifs is 1. The molecular weight excluding hydrogens is 301 g/mol. The van der Waals surface area contributed by atoms with Crippen molar-refractivity contribution in [1.29, 1.82) is 5.26 Å². The lowest BCUT2D eigenvalue weighted by Gasteiger charge is -2.19. The van der Waals surface area contributed by atoms with Gasteiger partial charge in [0.25, 0.3) is 5.91 Å². The van der Waals surface area contributed by atoms with Crippen LogP contribution in [0, 0.1) is 11.3 Å². The van der Waals surface area contributed by atoms with Gasteiger partial charge in [-0.1, -0.05) is 23.2 Å². The highest BCUT2D eigenvalue weighted by atomic mass is 35.5. The summed E-state index contributed by atoms with van der Waals surface area (Å²) in [4.78, 5) is 24.5. The van der Waals surface area contributed by atoms with Crippen molar-refractivity contribution in [2.75, 3.05) is 13.1 Å². The summed E-state index contributed by atoms with van der Waals surface area (Å²) in [5.74, 6) is -0.512. The second-order valence-corrected chi connectivity index (χ2v) is 5.21. The summed E-state index contributed by atoms with van der Waals surface area (Å²) in [6.07, 6.45) is 0.